The number of ether oxygens (including phenoxy) is 1. The van der Waals surface area contributed by atoms with E-state index < -0.39 is 15.9 Å². The number of amides is 1. The summed E-state index contributed by atoms with van der Waals surface area (Å²) >= 11 is 1.31. The molecule has 0 radical (unpaired) electrons. The molecule has 0 unspecified atom stereocenters. The summed E-state index contributed by atoms with van der Waals surface area (Å²) in [5.74, 6) is 0.209. The first-order valence-electron chi connectivity index (χ1n) is 8.84. The van der Waals surface area contributed by atoms with Gasteiger partial charge in [0.2, 0.25) is 10.0 Å². The lowest BCUT2D eigenvalue weighted by atomic mass is 10.2. The van der Waals surface area contributed by atoms with E-state index in [1.54, 1.807) is 25.3 Å². The Balaban J connectivity index is 1.64. The lowest BCUT2D eigenvalue weighted by Gasteiger charge is -2.17. The minimum atomic E-state index is -3.70. The Hall–Kier alpha value is -2.49. The van der Waals surface area contributed by atoms with Crippen molar-refractivity contribution in [2.45, 2.75) is 17.7 Å². The van der Waals surface area contributed by atoms with Gasteiger partial charge < -0.3 is 4.74 Å². The van der Waals surface area contributed by atoms with Crippen molar-refractivity contribution in [1.82, 2.24) is 9.29 Å². The Kier molecular flexibility index (Phi) is 5.05. The number of benzene rings is 2. The van der Waals surface area contributed by atoms with Crippen molar-refractivity contribution in [3.63, 3.8) is 0 Å². The summed E-state index contributed by atoms with van der Waals surface area (Å²) in [5, 5.41) is 3.14. The number of rotatable bonds is 5. The zero-order valence-corrected chi connectivity index (χ0v) is 16.8. The van der Waals surface area contributed by atoms with E-state index in [9.17, 15) is 13.2 Å². The van der Waals surface area contributed by atoms with Crippen LogP contribution >= 0.6 is 11.3 Å². The molecule has 0 bridgehead atoms. The van der Waals surface area contributed by atoms with Gasteiger partial charge in [0.05, 0.1) is 27.8 Å². The number of anilines is 1. The zero-order chi connectivity index (χ0) is 19.7. The smallest absolute Gasteiger partial charge is 0.258 e. The Bertz CT molecular complexity index is 1140. The molecule has 7 nitrogen and oxygen atoms in total. The highest BCUT2D eigenvalue weighted by Gasteiger charge is 2.30. The lowest BCUT2D eigenvalue weighted by molar-refractivity contribution is 0.102. The molecular weight excluding hydrogens is 398 g/mol. The quantitative estimate of drug-likeness (QED) is 0.688. The summed E-state index contributed by atoms with van der Waals surface area (Å²) in [7, 11) is -2.12. The first kappa shape index (κ1) is 18.9. The fourth-order valence-electron chi connectivity index (χ4n) is 3.20. The van der Waals surface area contributed by atoms with Crippen molar-refractivity contribution in [3.8, 4) is 5.75 Å². The number of thiazole rings is 1. The maximum Gasteiger partial charge on any atom is 0.258 e. The van der Waals surface area contributed by atoms with Gasteiger partial charge in [-0.15, -0.1) is 0 Å². The molecule has 0 aliphatic carbocycles. The lowest BCUT2D eigenvalue weighted by Crippen LogP contribution is -2.30. The van der Waals surface area contributed by atoms with Gasteiger partial charge in [0.1, 0.15) is 5.75 Å². The topological polar surface area (TPSA) is 88.6 Å². The molecule has 2 aromatic carbocycles. The van der Waals surface area contributed by atoms with Crippen LogP contribution in [-0.4, -0.2) is 43.8 Å². The minimum absolute atomic E-state index is 0.0252. The van der Waals surface area contributed by atoms with E-state index in [2.05, 4.69) is 10.3 Å². The summed E-state index contributed by atoms with van der Waals surface area (Å²) < 4.78 is 33.4. The van der Waals surface area contributed by atoms with Crippen LogP contribution in [0.15, 0.2) is 47.4 Å². The average Bonchev–Trinajstić information content (AvgIpc) is 3.37. The number of hydrogen-bond acceptors (Lipinski definition) is 6. The van der Waals surface area contributed by atoms with Gasteiger partial charge in [-0.25, -0.2) is 13.4 Å². The highest BCUT2D eigenvalue weighted by molar-refractivity contribution is 7.89. The maximum absolute atomic E-state index is 12.9. The van der Waals surface area contributed by atoms with Crippen molar-refractivity contribution in [2.24, 2.45) is 0 Å². The molecule has 0 saturated carbocycles. The number of hydrogen-bond donors (Lipinski definition) is 1. The first-order chi connectivity index (χ1) is 13.5. The Labute approximate surface area is 167 Å². The molecule has 9 heteroatoms. The molecule has 4 rings (SSSR count). The van der Waals surface area contributed by atoms with Crippen LogP contribution < -0.4 is 10.1 Å². The van der Waals surface area contributed by atoms with E-state index in [1.807, 2.05) is 12.1 Å². The predicted molar refractivity (Wildman–Crippen MR) is 109 cm³/mol. The van der Waals surface area contributed by atoms with Gasteiger partial charge in [-0.3, -0.25) is 10.1 Å². The third-order valence-corrected chi connectivity index (χ3v) is 7.52. The van der Waals surface area contributed by atoms with Crippen LogP contribution in [0.1, 0.15) is 23.2 Å². The second-order valence-electron chi connectivity index (χ2n) is 6.41. The van der Waals surface area contributed by atoms with Gasteiger partial charge in [0.15, 0.2) is 5.13 Å². The Morgan fingerprint density at radius 1 is 1.18 bits per heavy atom. The van der Waals surface area contributed by atoms with Gasteiger partial charge in [0, 0.05) is 13.1 Å². The van der Waals surface area contributed by atoms with E-state index in [-0.39, 0.29) is 10.5 Å². The fourth-order valence-corrected chi connectivity index (χ4v) is 5.79. The van der Waals surface area contributed by atoms with Crippen molar-refractivity contribution >= 4 is 42.6 Å². The van der Waals surface area contributed by atoms with Crippen LogP contribution in [0.25, 0.3) is 10.2 Å². The van der Waals surface area contributed by atoms with E-state index in [4.69, 9.17) is 4.74 Å². The van der Waals surface area contributed by atoms with Crippen LogP contribution in [0.3, 0.4) is 0 Å². The van der Waals surface area contributed by atoms with Crippen molar-refractivity contribution in [1.29, 1.82) is 0 Å². The van der Waals surface area contributed by atoms with Crippen molar-refractivity contribution in [2.75, 3.05) is 25.5 Å². The second-order valence-corrected chi connectivity index (χ2v) is 9.35. The standard InChI is InChI=1S/C19H19N3O4S2/c1-26-13-8-9-15-16(12-13)27-19(20-15)21-18(23)14-6-2-3-7-17(14)28(24,25)22-10-4-5-11-22/h2-3,6-9,12H,4-5,10-11H2,1H3,(H,20,21,23). The minimum Gasteiger partial charge on any atom is -0.497 e. The van der Waals surface area contributed by atoms with Crippen molar-refractivity contribution in [3.05, 3.63) is 48.0 Å². The SMILES string of the molecule is COc1ccc2nc(NC(=O)c3ccccc3S(=O)(=O)N3CCCC3)sc2c1. The van der Waals surface area contributed by atoms with Gasteiger partial charge in [-0.1, -0.05) is 23.5 Å². The summed E-state index contributed by atoms with van der Waals surface area (Å²) in [6.45, 7) is 0.968. The number of fused-ring (bicyclic) bond motifs is 1. The number of methoxy groups -OCH3 is 1. The molecule has 3 aromatic rings. The van der Waals surface area contributed by atoms with Crippen molar-refractivity contribution < 1.29 is 17.9 Å². The van der Waals surface area contributed by atoms with Crippen LogP contribution in [0.5, 0.6) is 5.75 Å². The fraction of sp³-hybridized carbons (Fsp3) is 0.263. The van der Waals surface area contributed by atoms with Crippen LogP contribution in [-0.2, 0) is 10.0 Å². The second kappa shape index (κ2) is 7.50. The third kappa shape index (κ3) is 3.48. The molecular formula is C19H19N3O4S2. The van der Waals surface area contributed by atoms with Crippen LogP contribution in [0.2, 0.25) is 0 Å². The Morgan fingerprint density at radius 2 is 1.93 bits per heavy atom. The predicted octanol–water partition coefficient (Wildman–Crippen LogP) is 3.34. The monoisotopic (exact) mass is 417 g/mol. The van der Waals surface area contributed by atoms with E-state index in [1.165, 1.54) is 27.8 Å². The molecule has 1 N–H and O–H groups in total. The largest absolute Gasteiger partial charge is 0.497 e. The molecule has 1 saturated heterocycles. The average molecular weight is 418 g/mol. The molecule has 2 heterocycles. The van der Waals surface area contributed by atoms with E-state index in [0.717, 1.165) is 23.1 Å². The summed E-state index contributed by atoms with van der Waals surface area (Å²) in [4.78, 5) is 17.3. The molecule has 146 valence electrons. The number of carbonyl (C=O) groups excluding carboxylic acids is 1. The van der Waals surface area contributed by atoms with E-state index in [0.29, 0.717) is 24.0 Å². The molecule has 1 aliphatic heterocycles. The zero-order valence-electron chi connectivity index (χ0n) is 15.2. The molecule has 1 aromatic heterocycles. The van der Waals surface area contributed by atoms with Gasteiger partial charge in [0.25, 0.3) is 5.91 Å². The molecule has 1 aliphatic rings. The number of nitrogens with one attached hydrogen (secondary N) is 1. The summed E-state index contributed by atoms with van der Waals surface area (Å²) in [5.41, 5.74) is 0.852. The molecule has 28 heavy (non-hydrogen) atoms. The number of carbonyl (C=O) groups is 1. The Morgan fingerprint density at radius 3 is 2.68 bits per heavy atom. The number of aromatic nitrogens is 1. The molecule has 1 amide bonds. The van der Waals surface area contributed by atoms with Gasteiger partial charge in [-0.05, 0) is 43.2 Å². The highest BCUT2D eigenvalue weighted by Crippen LogP contribution is 2.30. The third-order valence-electron chi connectivity index (χ3n) is 4.63. The van der Waals surface area contributed by atoms with Gasteiger partial charge >= 0.3 is 0 Å². The highest BCUT2D eigenvalue weighted by atomic mass is 32.2. The first-order valence-corrected chi connectivity index (χ1v) is 11.1. The molecule has 1 fully saturated rings. The summed E-state index contributed by atoms with van der Waals surface area (Å²) in [6.07, 6.45) is 1.67. The van der Waals surface area contributed by atoms with E-state index >= 15 is 0 Å². The van der Waals surface area contributed by atoms with Crippen LogP contribution in [0.4, 0.5) is 5.13 Å². The normalized spacial score (nSPS) is 15.0. The number of sulfonamides is 1. The van der Waals surface area contributed by atoms with Gasteiger partial charge in [-0.2, -0.15) is 4.31 Å². The maximum atomic E-state index is 12.9. The molecule has 0 atom stereocenters. The van der Waals surface area contributed by atoms with Crippen LogP contribution in [0, 0.1) is 0 Å². The molecule has 0 spiro atoms. The number of nitrogens with zero attached hydrogens (tertiary/aromatic N) is 2. The summed E-state index contributed by atoms with van der Waals surface area (Å²) in [6, 6.07) is 11.7.